The molecule has 0 bridgehead atoms. The highest BCUT2D eigenvalue weighted by Crippen LogP contribution is 2.16. The molecule has 7 nitrogen and oxygen atoms in total. The zero-order valence-corrected chi connectivity index (χ0v) is 18.3. The standard InChI is InChI=1S/C23H26ClN3O4/c1-3-26(17(2)28)12-13-30-21-8-6-20(7-9-21)27-11-10-22(14-23(27)29)31-16-19-5-4-18(24)15-25-19/h4-11,14-15,17,28H,3,12-13,16H2,1-2H3. The molecule has 0 spiro atoms. The van der Waals surface area contributed by atoms with Crippen molar-refractivity contribution in [2.45, 2.75) is 26.7 Å². The molecule has 0 aliphatic carbocycles. The van der Waals surface area contributed by atoms with Crippen LogP contribution in [0.2, 0.25) is 5.02 Å². The molecule has 1 aromatic carbocycles. The summed E-state index contributed by atoms with van der Waals surface area (Å²) in [5.74, 6) is 1.17. The van der Waals surface area contributed by atoms with Gasteiger partial charge in [0.2, 0.25) is 0 Å². The van der Waals surface area contributed by atoms with Crippen LogP contribution in [0.3, 0.4) is 0 Å². The Bertz CT molecular complexity index is 1020. The molecule has 0 saturated heterocycles. The van der Waals surface area contributed by atoms with Gasteiger partial charge in [-0.25, -0.2) is 0 Å². The number of rotatable bonds is 10. The number of nitrogens with zero attached hydrogens (tertiary/aromatic N) is 3. The van der Waals surface area contributed by atoms with Crippen LogP contribution in [0.25, 0.3) is 5.69 Å². The van der Waals surface area contributed by atoms with Gasteiger partial charge in [0.25, 0.3) is 5.56 Å². The second-order valence-electron chi connectivity index (χ2n) is 6.93. The van der Waals surface area contributed by atoms with E-state index in [0.717, 1.165) is 17.9 Å². The van der Waals surface area contributed by atoms with Gasteiger partial charge in [-0.3, -0.25) is 19.2 Å². The van der Waals surface area contributed by atoms with E-state index in [1.165, 1.54) is 10.6 Å². The molecule has 8 heteroatoms. The van der Waals surface area contributed by atoms with Gasteiger partial charge in [-0.05, 0) is 55.9 Å². The van der Waals surface area contributed by atoms with Crippen LogP contribution in [0.5, 0.6) is 11.5 Å². The number of halogens is 1. The topological polar surface area (TPSA) is 76.8 Å². The maximum atomic E-state index is 12.5. The van der Waals surface area contributed by atoms with Gasteiger partial charge in [-0.2, -0.15) is 0 Å². The van der Waals surface area contributed by atoms with E-state index in [9.17, 15) is 9.90 Å². The molecule has 0 aliphatic heterocycles. The molecule has 0 saturated carbocycles. The number of aromatic nitrogens is 2. The van der Waals surface area contributed by atoms with Crippen molar-refractivity contribution in [1.82, 2.24) is 14.5 Å². The number of aliphatic hydroxyl groups is 1. The fourth-order valence-electron chi connectivity index (χ4n) is 3.01. The minimum atomic E-state index is -0.503. The monoisotopic (exact) mass is 443 g/mol. The summed E-state index contributed by atoms with van der Waals surface area (Å²) in [5, 5.41) is 10.2. The molecule has 0 aliphatic rings. The maximum Gasteiger partial charge on any atom is 0.258 e. The average molecular weight is 444 g/mol. The first kappa shape index (κ1) is 22.8. The lowest BCUT2D eigenvalue weighted by molar-refractivity contribution is 0.0145. The fourth-order valence-corrected chi connectivity index (χ4v) is 3.12. The van der Waals surface area contributed by atoms with Crippen molar-refractivity contribution >= 4 is 11.6 Å². The van der Waals surface area contributed by atoms with E-state index in [2.05, 4.69) is 4.98 Å². The fraction of sp³-hybridized carbons (Fsp3) is 0.304. The Morgan fingerprint density at radius 2 is 1.90 bits per heavy atom. The first-order valence-electron chi connectivity index (χ1n) is 10.1. The van der Waals surface area contributed by atoms with Crippen molar-refractivity contribution < 1.29 is 14.6 Å². The summed E-state index contributed by atoms with van der Waals surface area (Å²) >= 11 is 5.82. The summed E-state index contributed by atoms with van der Waals surface area (Å²) in [6.45, 7) is 5.82. The van der Waals surface area contributed by atoms with E-state index >= 15 is 0 Å². The van der Waals surface area contributed by atoms with E-state index in [0.29, 0.717) is 29.7 Å². The van der Waals surface area contributed by atoms with Crippen LogP contribution >= 0.6 is 11.6 Å². The first-order chi connectivity index (χ1) is 15.0. The first-order valence-corrected chi connectivity index (χ1v) is 10.5. The summed E-state index contributed by atoms with van der Waals surface area (Å²) in [4.78, 5) is 18.6. The van der Waals surface area contributed by atoms with Gasteiger partial charge < -0.3 is 14.6 Å². The van der Waals surface area contributed by atoms with Crippen molar-refractivity contribution in [2.75, 3.05) is 19.7 Å². The minimum absolute atomic E-state index is 0.203. The molecule has 31 heavy (non-hydrogen) atoms. The number of pyridine rings is 2. The Labute approximate surface area is 186 Å². The Balaban J connectivity index is 1.58. The average Bonchev–Trinajstić information content (AvgIpc) is 2.77. The van der Waals surface area contributed by atoms with E-state index < -0.39 is 6.23 Å². The number of hydrogen-bond donors (Lipinski definition) is 1. The molecule has 2 heterocycles. The molecule has 3 aromatic rings. The molecular weight excluding hydrogens is 418 g/mol. The molecule has 2 aromatic heterocycles. The summed E-state index contributed by atoms with van der Waals surface area (Å²) in [7, 11) is 0. The van der Waals surface area contributed by atoms with Crippen LogP contribution in [-0.4, -0.2) is 45.5 Å². The molecule has 0 fully saturated rings. The Morgan fingerprint density at radius 1 is 1.13 bits per heavy atom. The molecular formula is C23H26ClN3O4. The lowest BCUT2D eigenvalue weighted by Gasteiger charge is -2.23. The molecule has 3 rings (SSSR count). The van der Waals surface area contributed by atoms with E-state index in [1.807, 2.05) is 36.1 Å². The summed E-state index contributed by atoms with van der Waals surface area (Å²) in [6.07, 6.45) is 2.72. The number of likely N-dealkylation sites (N-methyl/N-ethyl adjacent to an activating group) is 1. The van der Waals surface area contributed by atoms with Crippen molar-refractivity contribution in [3.05, 3.63) is 82.0 Å². The molecule has 0 radical (unpaired) electrons. The smallest absolute Gasteiger partial charge is 0.258 e. The van der Waals surface area contributed by atoms with E-state index in [1.54, 1.807) is 37.5 Å². The number of hydrogen-bond acceptors (Lipinski definition) is 6. The Morgan fingerprint density at radius 3 is 2.52 bits per heavy atom. The van der Waals surface area contributed by atoms with Gasteiger partial charge >= 0.3 is 0 Å². The van der Waals surface area contributed by atoms with Gasteiger partial charge in [0.15, 0.2) is 0 Å². The second-order valence-corrected chi connectivity index (χ2v) is 7.37. The van der Waals surface area contributed by atoms with Gasteiger partial charge in [0, 0.05) is 30.7 Å². The third-order valence-electron chi connectivity index (χ3n) is 4.76. The highest BCUT2D eigenvalue weighted by molar-refractivity contribution is 6.30. The Hall–Kier alpha value is -2.87. The molecule has 1 unspecified atom stereocenters. The van der Waals surface area contributed by atoms with Gasteiger partial charge in [0.05, 0.1) is 10.7 Å². The summed E-state index contributed by atoms with van der Waals surface area (Å²) in [6, 6.07) is 14.0. The van der Waals surface area contributed by atoms with Gasteiger partial charge in [-0.1, -0.05) is 18.5 Å². The van der Waals surface area contributed by atoms with E-state index in [4.69, 9.17) is 21.1 Å². The molecule has 1 N–H and O–H groups in total. The van der Waals surface area contributed by atoms with Crippen molar-refractivity contribution in [3.8, 4) is 17.2 Å². The summed E-state index contributed by atoms with van der Waals surface area (Å²) in [5.41, 5.74) is 1.24. The van der Waals surface area contributed by atoms with Crippen LogP contribution < -0.4 is 15.0 Å². The number of aliphatic hydroxyl groups excluding tert-OH is 1. The molecule has 1 atom stereocenters. The lowest BCUT2D eigenvalue weighted by Crippen LogP contribution is -2.35. The second kappa shape index (κ2) is 10.9. The predicted molar refractivity (Wildman–Crippen MR) is 120 cm³/mol. The van der Waals surface area contributed by atoms with Crippen molar-refractivity contribution in [2.24, 2.45) is 0 Å². The Kier molecular flexibility index (Phi) is 8.06. The third kappa shape index (κ3) is 6.55. The van der Waals surface area contributed by atoms with Gasteiger partial charge in [0.1, 0.15) is 30.9 Å². The number of benzene rings is 1. The highest BCUT2D eigenvalue weighted by Gasteiger charge is 2.08. The van der Waals surface area contributed by atoms with Crippen LogP contribution in [0.1, 0.15) is 19.5 Å². The lowest BCUT2D eigenvalue weighted by atomic mass is 10.3. The van der Waals surface area contributed by atoms with Crippen LogP contribution in [-0.2, 0) is 6.61 Å². The van der Waals surface area contributed by atoms with Crippen LogP contribution in [0.4, 0.5) is 0 Å². The largest absolute Gasteiger partial charge is 0.492 e. The van der Waals surface area contributed by atoms with Crippen molar-refractivity contribution in [3.63, 3.8) is 0 Å². The third-order valence-corrected chi connectivity index (χ3v) is 4.99. The SMILES string of the molecule is CCN(CCOc1ccc(-n2ccc(OCc3ccc(Cl)cn3)cc2=O)cc1)C(C)O. The zero-order valence-electron chi connectivity index (χ0n) is 17.6. The maximum absolute atomic E-state index is 12.5. The quantitative estimate of drug-likeness (QED) is 0.483. The minimum Gasteiger partial charge on any atom is -0.492 e. The van der Waals surface area contributed by atoms with Crippen LogP contribution in [0.15, 0.2) is 65.7 Å². The molecule has 164 valence electrons. The zero-order chi connectivity index (χ0) is 22.2. The molecule has 0 amide bonds. The summed E-state index contributed by atoms with van der Waals surface area (Å²) < 4.78 is 12.9. The number of ether oxygens (including phenoxy) is 2. The highest BCUT2D eigenvalue weighted by atomic mass is 35.5. The van der Waals surface area contributed by atoms with Crippen LogP contribution in [0, 0.1) is 0 Å². The predicted octanol–water partition coefficient (Wildman–Crippen LogP) is 3.50. The van der Waals surface area contributed by atoms with E-state index in [-0.39, 0.29) is 12.2 Å². The normalized spacial score (nSPS) is 12.0. The van der Waals surface area contributed by atoms with Crippen molar-refractivity contribution in [1.29, 1.82) is 0 Å². The van der Waals surface area contributed by atoms with Gasteiger partial charge in [-0.15, -0.1) is 0 Å².